The summed E-state index contributed by atoms with van der Waals surface area (Å²) in [5.74, 6) is 1.77. The number of halogens is 1. The Kier molecular flexibility index (Phi) is 4.36. The number of hydrogen-bond donors (Lipinski definition) is 1. The molecule has 0 radical (unpaired) electrons. The van der Waals surface area contributed by atoms with Gasteiger partial charge in [-0.25, -0.2) is 0 Å². The monoisotopic (exact) mass is 269 g/mol. The van der Waals surface area contributed by atoms with Crippen LogP contribution in [0.25, 0.3) is 0 Å². The molecule has 1 aliphatic carbocycles. The highest BCUT2D eigenvalue weighted by atomic mass is 35.5. The van der Waals surface area contributed by atoms with Crippen molar-refractivity contribution < 1.29 is 9.47 Å². The lowest BCUT2D eigenvalue weighted by Crippen LogP contribution is -2.19. The minimum atomic E-state index is 0.0322. The van der Waals surface area contributed by atoms with Gasteiger partial charge < -0.3 is 15.2 Å². The van der Waals surface area contributed by atoms with Gasteiger partial charge in [-0.2, -0.15) is 0 Å². The Morgan fingerprint density at radius 3 is 2.44 bits per heavy atom. The van der Waals surface area contributed by atoms with Crippen LogP contribution in [0, 0.1) is 5.92 Å². The van der Waals surface area contributed by atoms with Crippen LogP contribution in [-0.4, -0.2) is 14.2 Å². The van der Waals surface area contributed by atoms with E-state index < -0.39 is 0 Å². The molecule has 1 aromatic rings. The molecule has 0 spiro atoms. The van der Waals surface area contributed by atoms with E-state index in [2.05, 4.69) is 0 Å². The molecule has 4 heteroatoms. The summed E-state index contributed by atoms with van der Waals surface area (Å²) >= 11 is 6.20. The van der Waals surface area contributed by atoms with Crippen molar-refractivity contribution in [3.05, 3.63) is 22.7 Å². The van der Waals surface area contributed by atoms with E-state index in [0.29, 0.717) is 22.4 Å². The van der Waals surface area contributed by atoms with Gasteiger partial charge in [-0.15, -0.1) is 0 Å². The van der Waals surface area contributed by atoms with Crippen LogP contribution in [0.2, 0.25) is 5.02 Å². The summed E-state index contributed by atoms with van der Waals surface area (Å²) in [6.07, 6.45) is 4.96. The fourth-order valence-electron chi connectivity index (χ4n) is 2.72. The molecule has 3 nitrogen and oxygen atoms in total. The SMILES string of the molecule is COc1cc(C(N)C2CCCC2)cc(Cl)c1OC. The van der Waals surface area contributed by atoms with Crippen molar-refractivity contribution in [1.29, 1.82) is 0 Å². The highest BCUT2D eigenvalue weighted by molar-refractivity contribution is 6.32. The molecule has 1 atom stereocenters. The standard InChI is InChI=1S/C14H20ClNO2/c1-17-12-8-10(7-11(15)14(12)18-2)13(16)9-5-3-4-6-9/h7-9,13H,3-6,16H2,1-2H3. The first kappa shape index (κ1) is 13.5. The summed E-state index contributed by atoms with van der Waals surface area (Å²) in [6.45, 7) is 0. The van der Waals surface area contributed by atoms with Crippen molar-refractivity contribution >= 4 is 11.6 Å². The van der Waals surface area contributed by atoms with Gasteiger partial charge in [0.1, 0.15) is 0 Å². The average Bonchev–Trinajstić information content (AvgIpc) is 2.90. The molecule has 100 valence electrons. The van der Waals surface area contributed by atoms with E-state index in [1.807, 2.05) is 12.1 Å². The topological polar surface area (TPSA) is 44.5 Å². The third-order valence-corrected chi connectivity index (χ3v) is 4.03. The van der Waals surface area contributed by atoms with Crippen LogP contribution >= 0.6 is 11.6 Å². The van der Waals surface area contributed by atoms with Gasteiger partial charge in [-0.1, -0.05) is 24.4 Å². The zero-order valence-electron chi connectivity index (χ0n) is 10.9. The van der Waals surface area contributed by atoms with Gasteiger partial charge >= 0.3 is 0 Å². The molecule has 1 aliphatic rings. The van der Waals surface area contributed by atoms with Crippen molar-refractivity contribution in [2.24, 2.45) is 11.7 Å². The van der Waals surface area contributed by atoms with E-state index in [1.54, 1.807) is 14.2 Å². The minimum absolute atomic E-state index is 0.0322. The second-order valence-electron chi connectivity index (χ2n) is 4.81. The largest absolute Gasteiger partial charge is 0.493 e. The molecule has 0 aromatic heterocycles. The zero-order chi connectivity index (χ0) is 13.1. The van der Waals surface area contributed by atoms with E-state index in [4.69, 9.17) is 26.8 Å². The van der Waals surface area contributed by atoms with E-state index in [1.165, 1.54) is 25.7 Å². The second kappa shape index (κ2) is 5.81. The lowest BCUT2D eigenvalue weighted by Gasteiger charge is -2.21. The average molecular weight is 270 g/mol. The summed E-state index contributed by atoms with van der Waals surface area (Å²) in [7, 11) is 3.19. The van der Waals surface area contributed by atoms with Crippen molar-refractivity contribution in [3.8, 4) is 11.5 Å². The Hall–Kier alpha value is -0.930. The Morgan fingerprint density at radius 2 is 1.89 bits per heavy atom. The fraction of sp³-hybridized carbons (Fsp3) is 0.571. The van der Waals surface area contributed by atoms with Crippen molar-refractivity contribution in [2.75, 3.05) is 14.2 Å². The molecular weight excluding hydrogens is 250 g/mol. The van der Waals surface area contributed by atoms with E-state index in [0.717, 1.165) is 5.56 Å². The number of hydrogen-bond acceptors (Lipinski definition) is 3. The summed E-state index contributed by atoms with van der Waals surface area (Å²) in [6, 6.07) is 3.87. The Labute approximate surface area is 113 Å². The molecule has 0 heterocycles. The number of benzene rings is 1. The van der Waals surface area contributed by atoms with Gasteiger partial charge in [0.2, 0.25) is 0 Å². The Bertz CT molecular complexity index is 417. The first-order valence-corrected chi connectivity index (χ1v) is 6.72. The summed E-state index contributed by atoms with van der Waals surface area (Å²) < 4.78 is 10.5. The predicted octanol–water partition coefficient (Wildman–Crippen LogP) is 3.55. The van der Waals surface area contributed by atoms with Crippen molar-refractivity contribution in [2.45, 2.75) is 31.7 Å². The first-order chi connectivity index (χ1) is 8.67. The third-order valence-electron chi connectivity index (χ3n) is 3.75. The maximum Gasteiger partial charge on any atom is 0.179 e. The molecule has 0 bridgehead atoms. The van der Waals surface area contributed by atoms with Gasteiger partial charge in [-0.3, -0.25) is 0 Å². The van der Waals surface area contributed by atoms with Gasteiger partial charge in [0.15, 0.2) is 11.5 Å². The highest BCUT2D eigenvalue weighted by Gasteiger charge is 2.25. The van der Waals surface area contributed by atoms with Crippen molar-refractivity contribution in [3.63, 3.8) is 0 Å². The summed E-state index contributed by atoms with van der Waals surface area (Å²) in [4.78, 5) is 0. The van der Waals surface area contributed by atoms with Crippen LogP contribution < -0.4 is 15.2 Å². The quantitative estimate of drug-likeness (QED) is 0.909. The molecule has 1 unspecified atom stereocenters. The van der Waals surface area contributed by atoms with Crippen molar-refractivity contribution in [1.82, 2.24) is 0 Å². The van der Waals surface area contributed by atoms with Gasteiger partial charge in [0.05, 0.1) is 19.2 Å². The number of rotatable bonds is 4. The lowest BCUT2D eigenvalue weighted by molar-refractivity contribution is 0.353. The minimum Gasteiger partial charge on any atom is -0.493 e. The number of ether oxygens (including phenoxy) is 2. The zero-order valence-corrected chi connectivity index (χ0v) is 11.7. The molecule has 18 heavy (non-hydrogen) atoms. The maximum atomic E-state index is 6.33. The lowest BCUT2D eigenvalue weighted by atomic mass is 9.92. The predicted molar refractivity (Wildman–Crippen MR) is 73.4 cm³/mol. The van der Waals surface area contributed by atoms with Crippen LogP contribution in [0.4, 0.5) is 0 Å². The van der Waals surface area contributed by atoms with Crippen LogP contribution in [0.3, 0.4) is 0 Å². The maximum absolute atomic E-state index is 6.33. The molecule has 2 N–H and O–H groups in total. The van der Waals surface area contributed by atoms with Crippen LogP contribution in [0.5, 0.6) is 11.5 Å². The van der Waals surface area contributed by atoms with Gasteiger partial charge in [0.25, 0.3) is 0 Å². The smallest absolute Gasteiger partial charge is 0.179 e. The number of nitrogens with two attached hydrogens (primary N) is 1. The second-order valence-corrected chi connectivity index (χ2v) is 5.22. The van der Waals surface area contributed by atoms with E-state index >= 15 is 0 Å². The molecule has 0 aliphatic heterocycles. The molecule has 0 saturated heterocycles. The van der Waals surface area contributed by atoms with Gasteiger partial charge in [-0.05, 0) is 36.5 Å². The first-order valence-electron chi connectivity index (χ1n) is 6.34. The number of methoxy groups -OCH3 is 2. The van der Waals surface area contributed by atoms with Gasteiger partial charge in [0, 0.05) is 6.04 Å². The summed E-state index contributed by atoms with van der Waals surface area (Å²) in [5.41, 5.74) is 7.36. The van der Waals surface area contributed by atoms with E-state index in [-0.39, 0.29) is 6.04 Å². The van der Waals surface area contributed by atoms with Crippen LogP contribution in [-0.2, 0) is 0 Å². The molecular formula is C14H20ClNO2. The molecule has 2 rings (SSSR count). The molecule has 1 fully saturated rings. The Morgan fingerprint density at radius 1 is 1.22 bits per heavy atom. The molecule has 1 saturated carbocycles. The summed E-state index contributed by atoms with van der Waals surface area (Å²) in [5, 5.41) is 0.556. The highest BCUT2D eigenvalue weighted by Crippen LogP contribution is 2.41. The normalized spacial score (nSPS) is 17.8. The van der Waals surface area contributed by atoms with Crippen LogP contribution in [0.1, 0.15) is 37.3 Å². The van der Waals surface area contributed by atoms with E-state index in [9.17, 15) is 0 Å². The fourth-order valence-corrected chi connectivity index (χ4v) is 3.02. The third kappa shape index (κ3) is 2.57. The molecule has 1 aromatic carbocycles. The van der Waals surface area contributed by atoms with Crippen LogP contribution in [0.15, 0.2) is 12.1 Å². The Balaban J connectivity index is 2.30. The molecule has 0 amide bonds.